The van der Waals surface area contributed by atoms with Gasteiger partial charge in [0, 0.05) is 23.8 Å². The van der Waals surface area contributed by atoms with Gasteiger partial charge in [-0.25, -0.2) is 4.79 Å². The maximum Gasteiger partial charge on any atom is 0.327 e. The molecule has 170 valence electrons. The molecular weight excluding hydrogens is 366 g/mol. The highest BCUT2D eigenvalue weighted by Gasteiger charge is 2.18. The van der Waals surface area contributed by atoms with Gasteiger partial charge in [-0.1, -0.05) is 96.5 Å². The second-order valence-corrected chi connectivity index (χ2v) is 8.35. The number of unbranched alkanes of at least 4 members (excludes halogenated alkanes) is 15. The third kappa shape index (κ3) is 21.1. The van der Waals surface area contributed by atoms with Crippen LogP contribution in [0.2, 0.25) is 0 Å². The molecule has 0 aromatic heterocycles. The average molecular weight is 412 g/mol. The molecule has 0 rings (SSSR count). The van der Waals surface area contributed by atoms with Crippen LogP contribution in [0.4, 0.5) is 0 Å². The van der Waals surface area contributed by atoms with Crippen LogP contribution in [0, 0.1) is 10.1 Å². The summed E-state index contributed by atoms with van der Waals surface area (Å²) in [6, 6.07) is -0.333. The van der Waals surface area contributed by atoms with Gasteiger partial charge in [0.05, 0.1) is 0 Å². The summed E-state index contributed by atoms with van der Waals surface area (Å²) >= 11 is 0. The number of nitrogens with zero attached hydrogens (tertiary/aromatic N) is 1. The molecule has 0 aromatic carbocycles. The molecule has 1 unspecified atom stereocenters. The lowest BCUT2D eigenvalue weighted by atomic mass is 10.00. The van der Waals surface area contributed by atoms with Crippen LogP contribution in [0.15, 0.2) is 12.2 Å². The largest absolute Gasteiger partial charge is 0.478 e. The van der Waals surface area contributed by atoms with Gasteiger partial charge in [0.25, 0.3) is 0 Å². The van der Waals surface area contributed by atoms with Crippen LogP contribution in [0.1, 0.15) is 129 Å². The van der Waals surface area contributed by atoms with Crippen LogP contribution in [-0.4, -0.2) is 22.0 Å². The van der Waals surface area contributed by atoms with Gasteiger partial charge in [-0.2, -0.15) is 0 Å². The number of hydrogen-bond acceptors (Lipinski definition) is 3. The molecule has 0 aliphatic rings. The Labute approximate surface area is 178 Å². The zero-order valence-electron chi connectivity index (χ0n) is 18.8. The lowest BCUT2D eigenvalue weighted by Crippen LogP contribution is -2.19. The maximum atomic E-state index is 11.2. The summed E-state index contributed by atoms with van der Waals surface area (Å²) in [5.41, 5.74) is 0. The second-order valence-electron chi connectivity index (χ2n) is 8.35. The van der Waals surface area contributed by atoms with Crippen molar-refractivity contribution >= 4 is 5.97 Å². The predicted molar refractivity (Wildman–Crippen MR) is 121 cm³/mol. The number of rotatable bonds is 22. The molecule has 0 bridgehead atoms. The van der Waals surface area contributed by atoms with E-state index in [9.17, 15) is 14.9 Å². The van der Waals surface area contributed by atoms with E-state index >= 15 is 0 Å². The molecule has 0 aliphatic carbocycles. The van der Waals surface area contributed by atoms with E-state index in [0.29, 0.717) is 0 Å². The first-order valence-corrected chi connectivity index (χ1v) is 12.1. The van der Waals surface area contributed by atoms with Crippen molar-refractivity contribution < 1.29 is 14.8 Å². The smallest absolute Gasteiger partial charge is 0.327 e. The molecule has 0 heterocycles. The van der Waals surface area contributed by atoms with Gasteiger partial charge in [-0.15, -0.1) is 0 Å². The summed E-state index contributed by atoms with van der Waals surface area (Å²) in [5.74, 6) is -0.868. The van der Waals surface area contributed by atoms with E-state index in [-0.39, 0.29) is 11.0 Å². The van der Waals surface area contributed by atoms with Crippen molar-refractivity contribution in [2.45, 2.75) is 135 Å². The molecule has 0 aliphatic heterocycles. The summed E-state index contributed by atoms with van der Waals surface area (Å²) < 4.78 is 0. The number of carbonyl (C=O) groups is 1. The van der Waals surface area contributed by atoms with Gasteiger partial charge in [0.1, 0.15) is 0 Å². The zero-order valence-corrected chi connectivity index (χ0v) is 18.8. The summed E-state index contributed by atoms with van der Waals surface area (Å²) in [5, 5.41) is 19.7. The minimum atomic E-state index is -0.868. The van der Waals surface area contributed by atoms with Gasteiger partial charge < -0.3 is 5.11 Å². The Morgan fingerprint density at radius 1 is 0.793 bits per heavy atom. The van der Waals surface area contributed by atoms with E-state index in [4.69, 9.17) is 5.11 Å². The Balaban J connectivity index is 3.46. The van der Waals surface area contributed by atoms with Gasteiger partial charge in [-0.05, 0) is 25.7 Å². The standard InChI is InChI=1S/C24H45NO4/c1-2-3-4-5-11-14-17-20-23(25(28)29)21-18-15-12-9-7-6-8-10-13-16-19-22-24(26)27/h19,22-23H,2-18,20-21H2,1H3,(H,26,27). The van der Waals surface area contributed by atoms with Crippen LogP contribution in [0.25, 0.3) is 0 Å². The van der Waals surface area contributed by atoms with Gasteiger partial charge >= 0.3 is 5.97 Å². The molecule has 1 N–H and O–H groups in total. The first-order chi connectivity index (χ1) is 14.1. The van der Waals surface area contributed by atoms with Gasteiger partial charge in [0.15, 0.2) is 0 Å². The van der Waals surface area contributed by atoms with Crippen molar-refractivity contribution in [3.8, 4) is 0 Å². The molecular formula is C24H45NO4. The number of aliphatic carboxylic acids is 1. The Hall–Kier alpha value is -1.39. The molecule has 5 nitrogen and oxygen atoms in total. The Kier molecular flexibility index (Phi) is 20.3. The lowest BCUT2D eigenvalue weighted by Gasteiger charge is -2.09. The Bertz CT molecular complexity index is 423. The maximum absolute atomic E-state index is 11.2. The number of carboxylic acid groups (broad SMARTS) is 1. The van der Waals surface area contributed by atoms with E-state index in [0.717, 1.165) is 57.8 Å². The van der Waals surface area contributed by atoms with Crippen LogP contribution < -0.4 is 0 Å². The molecule has 0 fully saturated rings. The first-order valence-electron chi connectivity index (χ1n) is 12.1. The van der Waals surface area contributed by atoms with Crippen molar-refractivity contribution in [3.05, 3.63) is 22.3 Å². The summed E-state index contributed by atoms with van der Waals surface area (Å²) in [6.45, 7) is 2.22. The monoisotopic (exact) mass is 411 g/mol. The summed E-state index contributed by atoms with van der Waals surface area (Å²) in [4.78, 5) is 21.5. The fraction of sp³-hybridized carbons (Fsp3) is 0.875. The molecule has 5 heteroatoms. The topological polar surface area (TPSA) is 80.4 Å². The number of carboxylic acids is 1. The van der Waals surface area contributed by atoms with E-state index < -0.39 is 5.97 Å². The minimum Gasteiger partial charge on any atom is -0.478 e. The van der Waals surface area contributed by atoms with Crippen molar-refractivity contribution in [3.63, 3.8) is 0 Å². The van der Waals surface area contributed by atoms with Crippen molar-refractivity contribution in [1.82, 2.24) is 0 Å². The van der Waals surface area contributed by atoms with Gasteiger partial charge in [0.2, 0.25) is 6.04 Å². The van der Waals surface area contributed by atoms with Crippen LogP contribution in [0.5, 0.6) is 0 Å². The summed E-state index contributed by atoms with van der Waals surface area (Å²) in [7, 11) is 0. The molecule has 0 spiro atoms. The predicted octanol–water partition coefficient (Wildman–Crippen LogP) is 7.70. The number of nitro groups is 1. The van der Waals surface area contributed by atoms with Crippen LogP contribution in [-0.2, 0) is 4.79 Å². The first kappa shape index (κ1) is 27.6. The molecule has 1 atom stereocenters. The molecule has 0 aromatic rings. The van der Waals surface area contributed by atoms with E-state index in [1.807, 2.05) is 0 Å². The van der Waals surface area contributed by atoms with E-state index in [1.165, 1.54) is 70.3 Å². The number of hydrogen-bond donors (Lipinski definition) is 1. The Morgan fingerprint density at radius 3 is 1.62 bits per heavy atom. The SMILES string of the molecule is CCCCCCCCCC(CCCCCCCCCCCC=CC(=O)O)[N+](=O)[O-]. The second kappa shape index (κ2) is 21.3. The van der Waals surface area contributed by atoms with Crippen molar-refractivity contribution in [2.24, 2.45) is 0 Å². The third-order valence-electron chi connectivity index (χ3n) is 5.61. The molecule has 0 saturated carbocycles. The number of allylic oxidation sites excluding steroid dienone is 1. The van der Waals surface area contributed by atoms with Gasteiger partial charge in [-0.3, -0.25) is 10.1 Å². The summed E-state index contributed by atoms with van der Waals surface area (Å²) in [6.07, 6.45) is 24.2. The fourth-order valence-electron chi connectivity index (χ4n) is 3.76. The van der Waals surface area contributed by atoms with Crippen molar-refractivity contribution in [1.29, 1.82) is 0 Å². The highest BCUT2D eigenvalue weighted by molar-refractivity contribution is 5.79. The highest BCUT2D eigenvalue weighted by atomic mass is 16.6. The fourth-order valence-corrected chi connectivity index (χ4v) is 3.76. The van der Waals surface area contributed by atoms with E-state index in [2.05, 4.69) is 6.92 Å². The molecule has 0 radical (unpaired) electrons. The van der Waals surface area contributed by atoms with Crippen LogP contribution >= 0.6 is 0 Å². The molecule has 29 heavy (non-hydrogen) atoms. The Morgan fingerprint density at radius 2 is 1.21 bits per heavy atom. The molecule has 0 saturated heterocycles. The third-order valence-corrected chi connectivity index (χ3v) is 5.61. The lowest BCUT2D eigenvalue weighted by molar-refractivity contribution is -0.524. The molecule has 0 amide bonds. The highest BCUT2D eigenvalue weighted by Crippen LogP contribution is 2.17. The average Bonchev–Trinajstić information content (AvgIpc) is 2.68. The van der Waals surface area contributed by atoms with Crippen molar-refractivity contribution in [2.75, 3.05) is 0 Å². The minimum absolute atomic E-state index is 0.0528. The van der Waals surface area contributed by atoms with Crippen LogP contribution in [0.3, 0.4) is 0 Å². The van der Waals surface area contributed by atoms with E-state index in [1.54, 1.807) is 6.08 Å². The zero-order chi connectivity index (χ0) is 21.6. The normalized spacial score (nSPS) is 12.4. The quantitative estimate of drug-likeness (QED) is 0.0856.